The normalized spacial score (nSPS) is 25.9. The fourth-order valence-corrected chi connectivity index (χ4v) is 3.19. The van der Waals surface area contributed by atoms with Crippen LogP contribution in [0.1, 0.15) is 12.8 Å². The van der Waals surface area contributed by atoms with E-state index in [9.17, 15) is 19.5 Å². The lowest BCUT2D eigenvalue weighted by Gasteiger charge is -2.25. The van der Waals surface area contributed by atoms with E-state index >= 15 is 0 Å². The largest absolute Gasteiger partial charge is 0.495 e. The van der Waals surface area contributed by atoms with Gasteiger partial charge in [-0.2, -0.15) is 0 Å². The number of benzene rings is 1. The summed E-state index contributed by atoms with van der Waals surface area (Å²) in [5, 5.41) is 12.0. The standard InChI is InChI=1S/C17H20N2O6/c1-24-13-5-3-2-4-12(13)19-9-11(8-14(19)20)15(21)18-17(16(22)23)6-7-25-10-17/h2-5,11H,6-10H2,1H3,(H,18,21)(H,22,23). The van der Waals surface area contributed by atoms with E-state index in [1.54, 1.807) is 24.3 Å². The lowest BCUT2D eigenvalue weighted by molar-refractivity contribution is -0.148. The van der Waals surface area contributed by atoms with Crippen LogP contribution < -0.4 is 15.0 Å². The van der Waals surface area contributed by atoms with Crippen LogP contribution in [-0.4, -0.2) is 55.3 Å². The van der Waals surface area contributed by atoms with Gasteiger partial charge in [0, 0.05) is 26.0 Å². The van der Waals surface area contributed by atoms with E-state index < -0.39 is 23.3 Å². The smallest absolute Gasteiger partial charge is 0.331 e. The summed E-state index contributed by atoms with van der Waals surface area (Å²) in [5.41, 5.74) is -0.805. The highest BCUT2D eigenvalue weighted by Crippen LogP contribution is 2.33. The molecule has 2 fully saturated rings. The summed E-state index contributed by atoms with van der Waals surface area (Å²) in [4.78, 5) is 37.9. The Balaban J connectivity index is 1.74. The molecule has 1 aromatic carbocycles. The number of carboxylic acids is 1. The molecule has 0 spiro atoms. The van der Waals surface area contributed by atoms with Gasteiger partial charge < -0.3 is 24.8 Å². The fourth-order valence-electron chi connectivity index (χ4n) is 3.19. The molecule has 0 saturated carbocycles. The van der Waals surface area contributed by atoms with Gasteiger partial charge in [0.05, 0.1) is 25.3 Å². The molecule has 2 atom stereocenters. The highest BCUT2D eigenvalue weighted by Gasteiger charge is 2.46. The lowest BCUT2D eigenvalue weighted by atomic mass is 9.97. The number of carbonyl (C=O) groups is 3. The van der Waals surface area contributed by atoms with Crippen molar-refractivity contribution in [3.63, 3.8) is 0 Å². The molecular weight excluding hydrogens is 328 g/mol. The number of nitrogens with zero attached hydrogens (tertiary/aromatic N) is 1. The third kappa shape index (κ3) is 3.17. The number of para-hydroxylation sites is 2. The van der Waals surface area contributed by atoms with Crippen LogP contribution in [0.15, 0.2) is 24.3 Å². The summed E-state index contributed by atoms with van der Waals surface area (Å²) in [5.74, 6) is -1.84. The number of carboxylic acid groups (broad SMARTS) is 1. The molecule has 2 unspecified atom stereocenters. The molecule has 8 heteroatoms. The van der Waals surface area contributed by atoms with Gasteiger partial charge in [-0.15, -0.1) is 0 Å². The van der Waals surface area contributed by atoms with Crippen molar-refractivity contribution in [2.24, 2.45) is 5.92 Å². The zero-order chi connectivity index (χ0) is 18.0. The van der Waals surface area contributed by atoms with Crippen LogP contribution >= 0.6 is 0 Å². The Morgan fingerprint density at radius 3 is 2.80 bits per heavy atom. The molecule has 0 radical (unpaired) electrons. The second kappa shape index (κ2) is 6.72. The minimum Gasteiger partial charge on any atom is -0.495 e. The van der Waals surface area contributed by atoms with Crippen molar-refractivity contribution in [3.05, 3.63) is 24.3 Å². The molecule has 134 valence electrons. The third-order valence-corrected chi connectivity index (χ3v) is 4.67. The van der Waals surface area contributed by atoms with Crippen LogP contribution in [0.3, 0.4) is 0 Å². The number of anilines is 1. The number of nitrogens with one attached hydrogen (secondary N) is 1. The van der Waals surface area contributed by atoms with Gasteiger partial charge in [0.1, 0.15) is 5.75 Å². The van der Waals surface area contributed by atoms with Gasteiger partial charge >= 0.3 is 5.97 Å². The van der Waals surface area contributed by atoms with Gasteiger partial charge in [-0.3, -0.25) is 9.59 Å². The van der Waals surface area contributed by atoms with E-state index in [1.807, 2.05) is 0 Å². The summed E-state index contributed by atoms with van der Waals surface area (Å²) in [7, 11) is 1.51. The highest BCUT2D eigenvalue weighted by molar-refractivity contribution is 6.02. The van der Waals surface area contributed by atoms with Gasteiger partial charge in [0.15, 0.2) is 5.54 Å². The minimum atomic E-state index is -1.40. The number of amides is 2. The predicted molar refractivity (Wildman–Crippen MR) is 87.4 cm³/mol. The molecule has 1 aromatic rings. The SMILES string of the molecule is COc1ccccc1N1CC(C(=O)NC2(C(=O)O)CCOC2)CC1=O. The van der Waals surface area contributed by atoms with Crippen molar-refractivity contribution in [1.82, 2.24) is 5.32 Å². The zero-order valence-electron chi connectivity index (χ0n) is 13.9. The molecule has 0 aromatic heterocycles. The van der Waals surface area contributed by atoms with Crippen LogP contribution in [0.2, 0.25) is 0 Å². The predicted octanol–water partition coefficient (Wildman–Crippen LogP) is 0.408. The molecule has 0 bridgehead atoms. The molecule has 3 rings (SSSR count). The average Bonchev–Trinajstić information content (AvgIpc) is 3.22. The van der Waals surface area contributed by atoms with Crippen molar-refractivity contribution in [3.8, 4) is 5.75 Å². The summed E-state index contributed by atoms with van der Waals surface area (Å²) in [6.07, 6.45) is 0.241. The van der Waals surface area contributed by atoms with E-state index in [0.29, 0.717) is 11.4 Å². The van der Waals surface area contributed by atoms with Crippen LogP contribution in [-0.2, 0) is 19.1 Å². The van der Waals surface area contributed by atoms with Crippen LogP contribution in [0, 0.1) is 5.92 Å². The Bertz CT molecular complexity index is 698. The third-order valence-electron chi connectivity index (χ3n) is 4.67. The Hall–Kier alpha value is -2.61. The molecule has 0 aliphatic carbocycles. The number of hydrogen-bond acceptors (Lipinski definition) is 5. The molecular formula is C17H20N2O6. The van der Waals surface area contributed by atoms with Gasteiger partial charge in [-0.05, 0) is 12.1 Å². The van der Waals surface area contributed by atoms with Crippen LogP contribution in [0.5, 0.6) is 5.75 Å². The number of methoxy groups -OCH3 is 1. The maximum atomic E-state index is 12.5. The molecule has 2 amide bonds. The number of rotatable bonds is 5. The monoisotopic (exact) mass is 348 g/mol. The molecule has 2 heterocycles. The summed E-state index contributed by atoms with van der Waals surface area (Å²) in [6.45, 7) is 0.399. The number of hydrogen-bond donors (Lipinski definition) is 2. The molecule has 2 aliphatic rings. The average molecular weight is 348 g/mol. The summed E-state index contributed by atoms with van der Waals surface area (Å²) in [6, 6.07) is 7.07. The Morgan fingerprint density at radius 2 is 2.16 bits per heavy atom. The first-order chi connectivity index (χ1) is 12.0. The minimum absolute atomic E-state index is 0.0282. The second-order valence-electron chi connectivity index (χ2n) is 6.26. The molecule has 2 N–H and O–H groups in total. The first kappa shape index (κ1) is 17.2. The van der Waals surface area contributed by atoms with Crippen molar-refractivity contribution in [2.45, 2.75) is 18.4 Å². The van der Waals surface area contributed by atoms with Crippen LogP contribution in [0.4, 0.5) is 5.69 Å². The quantitative estimate of drug-likeness (QED) is 0.798. The van der Waals surface area contributed by atoms with Gasteiger partial charge in [0.2, 0.25) is 11.8 Å². The van der Waals surface area contributed by atoms with Gasteiger partial charge in [-0.1, -0.05) is 12.1 Å². The molecule has 2 saturated heterocycles. The first-order valence-corrected chi connectivity index (χ1v) is 8.03. The van der Waals surface area contributed by atoms with Crippen LogP contribution in [0.25, 0.3) is 0 Å². The van der Waals surface area contributed by atoms with E-state index in [4.69, 9.17) is 9.47 Å². The summed E-state index contributed by atoms with van der Waals surface area (Å²) < 4.78 is 10.4. The molecule has 2 aliphatic heterocycles. The van der Waals surface area contributed by atoms with E-state index in [0.717, 1.165) is 0 Å². The van der Waals surface area contributed by atoms with E-state index in [1.165, 1.54) is 12.0 Å². The Morgan fingerprint density at radius 1 is 1.40 bits per heavy atom. The summed E-state index contributed by atoms with van der Waals surface area (Å²) >= 11 is 0. The Labute approximate surface area is 144 Å². The van der Waals surface area contributed by atoms with Crippen molar-refractivity contribution >= 4 is 23.5 Å². The lowest BCUT2D eigenvalue weighted by Crippen LogP contribution is -2.56. The van der Waals surface area contributed by atoms with Crippen molar-refractivity contribution < 1.29 is 29.0 Å². The second-order valence-corrected chi connectivity index (χ2v) is 6.26. The van der Waals surface area contributed by atoms with Crippen molar-refractivity contribution in [1.29, 1.82) is 0 Å². The van der Waals surface area contributed by atoms with E-state index in [-0.39, 0.29) is 38.5 Å². The number of ether oxygens (including phenoxy) is 2. The number of aliphatic carboxylic acids is 1. The maximum Gasteiger partial charge on any atom is 0.331 e. The first-order valence-electron chi connectivity index (χ1n) is 8.03. The highest BCUT2D eigenvalue weighted by atomic mass is 16.5. The molecule has 8 nitrogen and oxygen atoms in total. The molecule has 25 heavy (non-hydrogen) atoms. The maximum absolute atomic E-state index is 12.5. The fraction of sp³-hybridized carbons (Fsp3) is 0.471. The van der Waals surface area contributed by atoms with Gasteiger partial charge in [0.25, 0.3) is 0 Å². The topological polar surface area (TPSA) is 105 Å². The van der Waals surface area contributed by atoms with Gasteiger partial charge in [-0.25, -0.2) is 4.79 Å². The van der Waals surface area contributed by atoms with E-state index in [2.05, 4.69) is 5.32 Å². The zero-order valence-corrected chi connectivity index (χ0v) is 13.9. The number of carbonyl (C=O) groups excluding carboxylic acids is 2. The van der Waals surface area contributed by atoms with Crippen molar-refractivity contribution in [2.75, 3.05) is 31.8 Å². The Kier molecular flexibility index (Phi) is 4.63.